The van der Waals surface area contributed by atoms with Gasteiger partial charge in [-0.1, -0.05) is 27.1 Å². The fourth-order valence-electron chi connectivity index (χ4n) is 1.55. The summed E-state index contributed by atoms with van der Waals surface area (Å²) < 4.78 is 6.38. The van der Waals surface area contributed by atoms with Crippen LogP contribution in [0.25, 0.3) is 11.5 Å². The maximum absolute atomic E-state index is 11.8. The Bertz CT molecular complexity index is 722. The van der Waals surface area contributed by atoms with E-state index in [1.165, 1.54) is 11.3 Å². The minimum absolute atomic E-state index is 0.0846. The van der Waals surface area contributed by atoms with Crippen molar-refractivity contribution in [1.29, 1.82) is 0 Å². The predicted octanol–water partition coefficient (Wildman–Crippen LogP) is 3.81. The van der Waals surface area contributed by atoms with Crippen molar-refractivity contribution in [1.82, 2.24) is 10.2 Å². The van der Waals surface area contributed by atoms with Crippen LogP contribution in [0.2, 0.25) is 0 Å². The Hall–Kier alpha value is -1.99. The molecule has 2 heterocycles. The highest BCUT2D eigenvalue weighted by Gasteiger charge is 2.13. The number of nitrogens with one attached hydrogen (secondary N) is 1. The van der Waals surface area contributed by atoms with Gasteiger partial charge in [0.2, 0.25) is 5.89 Å². The first-order valence-electron chi connectivity index (χ1n) is 5.67. The van der Waals surface area contributed by atoms with Crippen molar-refractivity contribution in [2.75, 3.05) is 5.32 Å². The number of amides is 1. The second kappa shape index (κ2) is 5.56. The molecule has 1 aromatic carbocycles. The summed E-state index contributed by atoms with van der Waals surface area (Å²) >= 11 is 4.70. The van der Waals surface area contributed by atoms with Gasteiger partial charge in [-0.05, 0) is 35.7 Å². The Balaban J connectivity index is 1.77. The number of anilines is 1. The fraction of sp³-hybridized carbons (Fsp3) is 0. The highest BCUT2D eigenvalue weighted by molar-refractivity contribution is 9.10. The van der Waals surface area contributed by atoms with Crippen LogP contribution in [0.3, 0.4) is 0 Å². The number of carbonyl (C=O) groups is 1. The van der Waals surface area contributed by atoms with Crippen molar-refractivity contribution in [3.05, 3.63) is 51.1 Å². The van der Waals surface area contributed by atoms with E-state index >= 15 is 0 Å². The zero-order valence-corrected chi connectivity index (χ0v) is 12.4. The second-order valence-electron chi connectivity index (χ2n) is 3.85. The van der Waals surface area contributed by atoms with Gasteiger partial charge in [0.25, 0.3) is 5.91 Å². The fourth-order valence-corrected chi connectivity index (χ4v) is 2.43. The molecule has 100 valence electrons. The molecule has 0 unspecified atom stereocenters. The molecular formula is C13H8BrN3O2S. The Labute approximate surface area is 126 Å². The van der Waals surface area contributed by atoms with Crippen LogP contribution in [0.4, 0.5) is 6.01 Å². The van der Waals surface area contributed by atoms with E-state index in [0.29, 0.717) is 10.8 Å². The maximum Gasteiger partial charge on any atom is 0.322 e. The molecule has 3 aromatic rings. The first-order valence-corrected chi connectivity index (χ1v) is 7.34. The maximum atomic E-state index is 11.8. The summed E-state index contributed by atoms with van der Waals surface area (Å²) in [6, 6.07) is 11.1. The molecule has 0 spiro atoms. The summed E-state index contributed by atoms with van der Waals surface area (Å²) in [7, 11) is 0. The Morgan fingerprint density at radius 1 is 1.20 bits per heavy atom. The van der Waals surface area contributed by atoms with Gasteiger partial charge in [-0.2, -0.15) is 0 Å². The number of aromatic nitrogens is 2. The SMILES string of the molecule is O=C(Nc1nnc(-c2ccc(Br)cc2)o1)c1cccs1. The number of hydrogen-bond donors (Lipinski definition) is 1. The van der Waals surface area contributed by atoms with Crippen molar-refractivity contribution < 1.29 is 9.21 Å². The number of hydrogen-bond acceptors (Lipinski definition) is 5. The van der Waals surface area contributed by atoms with E-state index in [-0.39, 0.29) is 11.9 Å². The zero-order chi connectivity index (χ0) is 13.9. The van der Waals surface area contributed by atoms with Crippen molar-refractivity contribution in [2.45, 2.75) is 0 Å². The number of carbonyl (C=O) groups excluding carboxylic acids is 1. The van der Waals surface area contributed by atoms with Gasteiger partial charge in [-0.3, -0.25) is 10.1 Å². The molecule has 0 radical (unpaired) electrons. The van der Waals surface area contributed by atoms with Gasteiger partial charge < -0.3 is 4.42 Å². The molecule has 0 bridgehead atoms. The third-order valence-electron chi connectivity index (χ3n) is 2.48. The molecule has 5 nitrogen and oxygen atoms in total. The van der Waals surface area contributed by atoms with Crippen LogP contribution in [0, 0.1) is 0 Å². The Kier molecular flexibility index (Phi) is 3.62. The summed E-state index contributed by atoms with van der Waals surface area (Å²) in [4.78, 5) is 12.4. The molecule has 1 amide bonds. The highest BCUT2D eigenvalue weighted by atomic mass is 79.9. The van der Waals surface area contributed by atoms with E-state index in [4.69, 9.17) is 4.42 Å². The summed E-state index contributed by atoms with van der Waals surface area (Å²) in [5, 5.41) is 12.1. The van der Waals surface area contributed by atoms with E-state index in [2.05, 4.69) is 31.4 Å². The summed E-state index contributed by atoms with van der Waals surface area (Å²) in [6.07, 6.45) is 0. The number of nitrogens with zero attached hydrogens (tertiary/aromatic N) is 2. The van der Waals surface area contributed by atoms with Crippen LogP contribution >= 0.6 is 27.3 Å². The number of benzene rings is 1. The molecule has 0 aliphatic heterocycles. The lowest BCUT2D eigenvalue weighted by molar-refractivity contribution is 0.102. The van der Waals surface area contributed by atoms with Gasteiger partial charge in [0, 0.05) is 10.0 Å². The lowest BCUT2D eigenvalue weighted by Crippen LogP contribution is -2.10. The monoisotopic (exact) mass is 349 g/mol. The Morgan fingerprint density at radius 2 is 2.00 bits per heavy atom. The van der Waals surface area contributed by atoms with Gasteiger partial charge >= 0.3 is 6.01 Å². The summed E-state index contributed by atoms with van der Waals surface area (Å²) in [5.41, 5.74) is 0.789. The first kappa shape index (κ1) is 13.0. The molecule has 0 fully saturated rings. The van der Waals surface area contributed by atoms with Crippen molar-refractivity contribution in [3.8, 4) is 11.5 Å². The molecule has 7 heteroatoms. The van der Waals surface area contributed by atoms with Crippen LogP contribution in [0.15, 0.2) is 50.7 Å². The molecule has 3 rings (SSSR count). The topological polar surface area (TPSA) is 68.0 Å². The van der Waals surface area contributed by atoms with Crippen LogP contribution < -0.4 is 5.32 Å². The molecule has 0 saturated heterocycles. The number of rotatable bonds is 3. The average Bonchev–Trinajstić information content (AvgIpc) is 3.10. The van der Waals surface area contributed by atoms with Crippen LogP contribution in [0.5, 0.6) is 0 Å². The second-order valence-corrected chi connectivity index (χ2v) is 5.71. The van der Waals surface area contributed by atoms with Gasteiger partial charge in [-0.25, -0.2) is 0 Å². The molecule has 1 N–H and O–H groups in total. The van der Waals surface area contributed by atoms with E-state index < -0.39 is 0 Å². The molecule has 0 atom stereocenters. The molecule has 0 saturated carbocycles. The van der Waals surface area contributed by atoms with Crippen molar-refractivity contribution in [3.63, 3.8) is 0 Å². The molecule has 2 aromatic heterocycles. The largest absolute Gasteiger partial charge is 0.403 e. The molecule has 0 aliphatic carbocycles. The minimum Gasteiger partial charge on any atom is -0.403 e. The van der Waals surface area contributed by atoms with Gasteiger partial charge in [0.15, 0.2) is 0 Å². The molecule has 0 aliphatic rings. The van der Waals surface area contributed by atoms with Crippen molar-refractivity contribution in [2.24, 2.45) is 0 Å². The number of halogens is 1. The third-order valence-corrected chi connectivity index (χ3v) is 3.88. The van der Waals surface area contributed by atoms with E-state index in [9.17, 15) is 4.79 Å². The van der Waals surface area contributed by atoms with Crippen LogP contribution in [0.1, 0.15) is 9.67 Å². The first-order chi connectivity index (χ1) is 9.72. The van der Waals surface area contributed by atoms with Gasteiger partial charge in [0.1, 0.15) is 0 Å². The smallest absolute Gasteiger partial charge is 0.322 e. The lowest BCUT2D eigenvalue weighted by atomic mass is 10.2. The Morgan fingerprint density at radius 3 is 2.70 bits per heavy atom. The summed E-state index contributed by atoms with van der Waals surface area (Å²) in [5.74, 6) is 0.102. The quantitative estimate of drug-likeness (QED) is 0.780. The van der Waals surface area contributed by atoms with Gasteiger partial charge in [-0.15, -0.1) is 16.4 Å². The van der Waals surface area contributed by atoms with Crippen LogP contribution in [-0.2, 0) is 0 Å². The third kappa shape index (κ3) is 2.78. The van der Waals surface area contributed by atoms with E-state index in [1.54, 1.807) is 12.1 Å². The normalized spacial score (nSPS) is 10.4. The standard InChI is InChI=1S/C13H8BrN3O2S/c14-9-5-3-8(4-6-9)12-16-17-13(19-12)15-11(18)10-2-1-7-20-10/h1-7H,(H,15,17,18). The van der Waals surface area contributed by atoms with Crippen molar-refractivity contribution >= 4 is 39.2 Å². The highest BCUT2D eigenvalue weighted by Crippen LogP contribution is 2.22. The summed E-state index contributed by atoms with van der Waals surface area (Å²) in [6.45, 7) is 0. The van der Waals surface area contributed by atoms with Crippen LogP contribution in [-0.4, -0.2) is 16.1 Å². The molecular weight excluding hydrogens is 342 g/mol. The zero-order valence-electron chi connectivity index (χ0n) is 10.0. The predicted molar refractivity (Wildman–Crippen MR) is 79.7 cm³/mol. The van der Waals surface area contributed by atoms with Gasteiger partial charge in [0.05, 0.1) is 4.88 Å². The van der Waals surface area contributed by atoms with E-state index in [0.717, 1.165) is 10.0 Å². The average molecular weight is 350 g/mol. The number of thiophene rings is 1. The molecule has 20 heavy (non-hydrogen) atoms. The minimum atomic E-state index is -0.258. The lowest BCUT2D eigenvalue weighted by Gasteiger charge is -1.96. The van der Waals surface area contributed by atoms with E-state index in [1.807, 2.05) is 29.6 Å².